The van der Waals surface area contributed by atoms with Gasteiger partial charge in [0.2, 0.25) is 10.0 Å². The van der Waals surface area contributed by atoms with E-state index < -0.39 is 10.0 Å². The number of thioether (sulfide) groups is 1. The van der Waals surface area contributed by atoms with Crippen molar-refractivity contribution >= 4 is 27.5 Å². The van der Waals surface area contributed by atoms with Crippen LogP contribution < -0.4 is 10.0 Å². The molecule has 1 aliphatic rings. The standard InChI is InChI=1S/C15H16N2O2S2/c18-21(19,13-6-2-1-3-7-13)17-12-10-16-14-8-4-5-9-15(14)20-11-12/h1-9,12,16-17H,10-11H2. The van der Waals surface area contributed by atoms with Gasteiger partial charge in [-0.3, -0.25) is 0 Å². The van der Waals surface area contributed by atoms with Gasteiger partial charge in [0.1, 0.15) is 0 Å². The summed E-state index contributed by atoms with van der Waals surface area (Å²) in [6, 6.07) is 16.3. The Morgan fingerprint density at radius 1 is 1.05 bits per heavy atom. The number of sulfonamides is 1. The minimum Gasteiger partial charge on any atom is -0.383 e. The molecule has 1 unspecified atom stereocenters. The summed E-state index contributed by atoms with van der Waals surface area (Å²) < 4.78 is 27.5. The summed E-state index contributed by atoms with van der Waals surface area (Å²) in [7, 11) is -3.47. The van der Waals surface area contributed by atoms with Crippen LogP contribution in [-0.4, -0.2) is 26.8 Å². The number of para-hydroxylation sites is 1. The van der Waals surface area contributed by atoms with E-state index in [1.165, 1.54) is 0 Å². The van der Waals surface area contributed by atoms with Crippen LogP contribution in [0.1, 0.15) is 0 Å². The molecule has 3 rings (SSSR count). The highest BCUT2D eigenvalue weighted by atomic mass is 32.2. The first-order valence-electron chi connectivity index (χ1n) is 6.68. The fraction of sp³-hybridized carbons (Fsp3) is 0.200. The Balaban J connectivity index is 1.73. The van der Waals surface area contributed by atoms with Gasteiger partial charge in [0.25, 0.3) is 0 Å². The molecule has 6 heteroatoms. The minimum absolute atomic E-state index is 0.146. The molecule has 2 N–H and O–H groups in total. The summed E-state index contributed by atoms with van der Waals surface area (Å²) in [5, 5.41) is 3.30. The van der Waals surface area contributed by atoms with Crippen LogP contribution in [0.2, 0.25) is 0 Å². The molecule has 4 nitrogen and oxygen atoms in total. The van der Waals surface area contributed by atoms with Gasteiger partial charge in [0.05, 0.1) is 4.90 Å². The lowest BCUT2D eigenvalue weighted by atomic mass is 10.3. The molecular weight excluding hydrogens is 304 g/mol. The maximum absolute atomic E-state index is 12.3. The quantitative estimate of drug-likeness (QED) is 0.912. The van der Waals surface area contributed by atoms with Crippen molar-refractivity contribution < 1.29 is 8.42 Å². The molecule has 2 aromatic rings. The molecule has 1 aliphatic heterocycles. The Morgan fingerprint density at radius 2 is 1.76 bits per heavy atom. The Bertz CT molecular complexity index is 690. The lowest BCUT2D eigenvalue weighted by Gasteiger charge is -2.16. The predicted molar refractivity (Wildman–Crippen MR) is 86.2 cm³/mol. The van der Waals surface area contributed by atoms with E-state index in [0.29, 0.717) is 17.2 Å². The molecule has 0 radical (unpaired) electrons. The summed E-state index contributed by atoms with van der Waals surface area (Å²) in [5.74, 6) is 0.704. The first kappa shape index (κ1) is 14.4. The number of nitrogens with one attached hydrogen (secondary N) is 2. The fourth-order valence-corrected chi connectivity index (χ4v) is 4.60. The van der Waals surface area contributed by atoms with Gasteiger partial charge in [-0.25, -0.2) is 13.1 Å². The molecule has 0 fully saturated rings. The average Bonchev–Trinajstić information content (AvgIpc) is 2.71. The van der Waals surface area contributed by atoms with Crippen LogP contribution >= 0.6 is 11.8 Å². The van der Waals surface area contributed by atoms with Crippen molar-refractivity contribution in [3.05, 3.63) is 54.6 Å². The van der Waals surface area contributed by atoms with Crippen molar-refractivity contribution in [2.45, 2.75) is 15.8 Å². The molecule has 110 valence electrons. The fourth-order valence-electron chi connectivity index (χ4n) is 2.18. The summed E-state index contributed by atoms with van der Waals surface area (Å²) in [5.41, 5.74) is 1.06. The van der Waals surface area contributed by atoms with Gasteiger partial charge in [-0.2, -0.15) is 0 Å². The van der Waals surface area contributed by atoms with Gasteiger partial charge in [-0.15, -0.1) is 11.8 Å². The van der Waals surface area contributed by atoms with Crippen molar-refractivity contribution in [3.63, 3.8) is 0 Å². The van der Waals surface area contributed by atoms with Crippen molar-refractivity contribution in [1.82, 2.24) is 4.72 Å². The van der Waals surface area contributed by atoms with Gasteiger partial charge in [-0.05, 0) is 24.3 Å². The highest BCUT2D eigenvalue weighted by Crippen LogP contribution is 2.30. The summed E-state index contributed by atoms with van der Waals surface area (Å²) >= 11 is 1.66. The molecular formula is C15H16N2O2S2. The molecule has 1 atom stereocenters. The molecule has 0 saturated carbocycles. The molecule has 2 aromatic carbocycles. The maximum Gasteiger partial charge on any atom is 0.240 e. The Labute approximate surface area is 129 Å². The first-order chi connectivity index (χ1) is 10.1. The van der Waals surface area contributed by atoms with Gasteiger partial charge in [0, 0.05) is 28.9 Å². The van der Waals surface area contributed by atoms with Crippen LogP contribution in [0.15, 0.2) is 64.4 Å². The molecule has 0 amide bonds. The van der Waals surface area contributed by atoms with Crippen LogP contribution in [-0.2, 0) is 10.0 Å². The van der Waals surface area contributed by atoms with Crippen LogP contribution in [0.4, 0.5) is 5.69 Å². The van der Waals surface area contributed by atoms with E-state index in [2.05, 4.69) is 10.0 Å². The van der Waals surface area contributed by atoms with E-state index in [1.807, 2.05) is 24.3 Å². The van der Waals surface area contributed by atoms with E-state index >= 15 is 0 Å². The minimum atomic E-state index is -3.47. The number of hydrogen-bond donors (Lipinski definition) is 2. The third-order valence-corrected chi connectivity index (χ3v) is 6.01. The van der Waals surface area contributed by atoms with Crippen molar-refractivity contribution in [2.75, 3.05) is 17.6 Å². The number of fused-ring (bicyclic) bond motifs is 1. The van der Waals surface area contributed by atoms with Crippen LogP contribution in [0.5, 0.6) is 0 Å². The molecule has 0 aliphatic carbocycles. The second-order valence-electron chi connectivity index (χ2n) is 4.82. The Kier molecular flexibility index (Phi) is 4.19. The normalized spacial score (nSPS) is 18.4. The molecule has 0 aromatic heterocycles. The molecule has 0 saturated heterocycles. The average molecular weight is 320 g/mol. The van der Waals surface area contributed by atoms with E-state index in [-0.39, 0.29) is 6.04 Å². The number of hydrogen-bond acceptors (Lipinski definition) is 4. The zero-order valence-electron chi connectivity index (χ0n) is 11.3. The summed E-state index contributed by atoms with van der Waals surface area (Å²) in [6.07, 6.45) is 0. The number of anilines is 1. The zero-order chi connectivity index (χ0) is 14.7. The van der Waals surface area contributed by atoms with E-state index in [0.717, 1.165) is 10.6 Å². The summed E-state index contributed by atoms with van der Waals surface area (Å²) in [6.45, 7) is 0.579. The highest BCUT2D eigenvalue weighted by Gasteiger charge is 2.22. The summed E-state index contributed by atoms with van der Waals surface area (Å²) in [4.78, 5) is 1.45. The lowest BCUT2D eigenvalue weighted by Crippen LogP contribution is -2.40. The Hall–Kier alpha value is -1.50. The molecule has 0 bridgehead atoms. The SMILES string of the molecule is O=S(=O)(NC1CNc2ccccc2SC1)c1ccccc1. The largest absolute Gasteiger partial charge is 0.383 e. The second kappa shape index (κ2) is 6.09. The van der Waals surface area contributed by atoms with E-state index in [1.54, 1.807) is 42.1 Å². The van der Waals surface area contributed by atoms with Crippen LogP contribution in [0.25, 0.3) is 0 Å². The van der Waals surface area contributed by atoms with Crippen molar-refractivity contribution in [1.29, 1.82) is 0 Å². The molecule has 1 heterocycles. The van der Waals surface area contributed by atoms with Crippen LogP contribution in [0, 0.1) is 0 Å². The van der Waals surface area contributed by atoms with Gasteiger partial charge in [0.15, 0.2) is 0 Å². The third-order valence-electron chi connectivity index (χ3n) is 3.24. The van der Waals surface area contributed by atoms with Gasteiger partial charge >= 0.3 is 0 Å². The second-order valence-corrected chi connectivity index (χ2v) is 7.60. The Morgan fingerprint density at radius 3 is 2.57 bits per heavy atom. The highest BCUT2D eigenvalue weighted by molar-refractivity contribution is 7.99. The first-order valence-corrected chi connectivity index (χ1v) is 9.15. The van der Waals surface area contributed by atoms with E-state index in [9.17, 15) is 8.42 Å². The molecule has 0 spiro atoms. The predicted octanol–water partition coefficient (Wildman–Crippen LogP) is 2.55. The smallest absolute Gasteiger partial charge is 0.240 e. The topological polar surface area (TPSA) is 58.2 Å². The van der Waals surface area contributed by atoms with E-state index in [4.69, 9.17) is 0 Å². The third kappa shape index (κ3) is 3.40. The molecule has 21 heavy (non-hydrogen) atoms. The lowest BCUT2D eigenvalue weighted by molar-refractivity contribution is 0.567. The maximum atomic E-state index is 12.3. The number of rotatable bonds is 3. The zero-order valence-corrected chi connectivity index (χ0v) is 13.0. The van der Waals surface area contributed by atoms with Crippen LogP contribution in [0.3, 0.4) is 0 Å². The van der Waals surface area contributed by atoms with Crippen molar-refractivity contribution in [2.24, 2.45) is 0 Å². The van der Waals surface area contributed by atoms with Gasteiger partial charge in [-0.1, -0.05) is 30.3 Å². The monoisotopic (exact) mass is 320 g/mol. The van der Waals surface area contributed by atoms with Crippen molar-refractivity contribution in [3.8, 4) is 0 Å². The van der Waals surface area contributed by atoms with Gasteiger partial charge < -0.3 is 5.32 Å². The number of benzene rings is 2.